The number of hydrogen-bond acceptors (Lipinski definition) is 11. The number of benzene rings is 3. The lowest BCUT2D eigenvalue weighted by molar-refractivity contribution is -0.126. The van der Waals surface area contributed by atoms with E-state index in [2.05, 4.69) is 34.7 Å². The third-order valence-electron chi connectivity index (χ3n) is 12.2. The third-order valence-corrected chi connectivity index (χ3v) is 12.2. The molecule has 3 N–H and O–H groups in total. The van der Waals surface area contributed by atoms with E-state index in [0.29, 0.717) is 41.9 Å². The Bertz CT molecular complexity index is 2310. The molecule has 4 fully saturated rings. The number of para-hydroxylation sites is 1. The first-order valence-electron chi connectivity index (χ1n) is 19.7. The molecule has 3 aromatic carbocycles. The summed E-state index contributed by atoms with van der Waals surface area (Å²) in [6.45, 7) is 7.63. The Balaban J connectivity index is 0.719. The summed E-state index contributed by atoms with van der Waals surface area (Å²) >= 11 is 0. The highest BCUT2D eigenvalue weighted by molar-refractivity contribution is 6.23. The van der Waals surface area contributed by atoms with E-state index in [9.17, 15) is 14.4 Å². The first kappa shape index (κ1) is 34.6. The van der Waals surface area contributed by atoms with Gasteiger partial charge in [-0.2, -0.15) is 5.10 Å². The van der Waals surface area contributed by atoms with Gasteiger partial charge < -0.3 is 20.7 Å². The Labute approximate surface area is 324 Å². The molecule has 286 valence electrons. The molecule has 0 saturated carbocycles. The van der Waals surface area contributed by atoms with E-state index < -0.39 is 6.04 Å². The Morgan fingerprint density at radius 2 is 1.55 bits per heavy atom. The Morgan fingerprint density at radius 3 is 2.32 bits per heavy atom. The van der Waals surface area contributed by atoms with Crippen molar-refractivity contribution in [1.29, 1.82) is 0 Å². The van der Waals surface area contributed by atoms with E-state index in [1.54, 1.807) is 6.07 Å². The Hall–Kier alpha value is -5.86. The average Bonchev–Trinajstić information content (AvgIpc) is 3.70. The monoisotopic (exact) mass is 752 g/mol. The number of piperidine rings is 2. The summed E-state index contributed by atoms with van der Waals surface area (Å²) in [4.78, 5) is 56.4. The maximum absolute atomic E-state index is 13.3. The number of nitrogens with two attached hydrogens (primary N) is 1. The smallest absolute Gasteiger partial charge is 0.262 e. The zero-order valence-electron chi connectivity index (χ0n) is 31.1. The number of amides is 3. The van der Waals surface area contributed by atoms with Gasteiger partial charge in [-0.3, -0.25) is 29.1 Å². The molecule has 14 nitrogen and oxygen atoms in total. The second kappa shape index (κ2) is 14.0. The number of ether oxygens (including phenoxy) is 1. The molecule has 5 aromatic rings. The molecule has 56 heavy (non-hydrogen) atoms. The first-order chi connectivity index (χ1) is 27.4. The third kappa shape index (κ3) is 6.13. The van der Waals surface area contributed by atoms with E-state index in [4.69, 9.17) is 15.6 Å². The van der Waals surface area contributed by atoms with Crippen molar-refractivity contribution in [3.05, 3.63) is 90.3 Å². The number of nitrogen functional groups attached to an aromatic ring is 1. The van der Waals surface area contributed by atoms with E-state index in [1.165, 1.54) is 6.33 Å². The van der Waals surface area contributed by atoms with Crippen molar-refractivity contribution in [2.75, 3.05) is 63.0 Å². The molecular weight excluding hydrogens is 709 g/mol. The summed E-state index contributed by atoms with van der Waals surface area (Å²) in [6.07, 6.45) is 4.75. The number of hydrogen-bond donors (Lipinski definition) is 2. The summed E-state index contributed by atoms with van der Waals surface area (Å²) in [5.41, 5.74) is 10.7. The second-order valence-corrected chi connectivity index (χ2v) is 15.8. The Kier molecular flexibility index (Phi) is 8.66. The summed E-state index contributed by atoms with van der Waals surface area (Å²) < 4.78 is 8.08. The van der Waals surface area contributed by atoms with Crippen molar-refractivity contribution in [2.24, 2.45) is 5.92 Å². The van der Waals surface area contributed by atoms with Crippen LogP contribution in [0.15, 0.2) is 79.1 Å². The summed E-state index contributed by atoms with van der Waals surface area (Å²) in [5.74, 6) is 1.54. The molecule has 1 unspecified atom stereocenters. The second-order valence-electron chi connectivity index (χ2n) is 15.8. The molecule has 5 aliphatic heterocycles. The number of nitrogens with one attached hydrogen (secondary N) is 1. The van der Waals surface area contributed by atoms with Gasteiger partial charge in [0.25, 0.3) is 11.8 Å². The highest BCUT2D eigenvalue weighted by Gasteiger charge is 2.44. The lowest BCUT2D eigenvalue weighted by Gasteiger charge is -2.51. The van der Waals surface area contributed by atoms with Crippen molar-refractivity contribution in [3.8, 4) is 22.8 Å². The molecule has 3 amide bonds. The summed E-state index contributed by atoms with van der Waals surface area (Å²) in [7, 11) is 0. The molecular formula is C42H44N10O4. The van der Waals surface area contributed by atoms with Gasteiger partial charge in [0.05, 0.1) is 22.6 Å². The van der Waals surface area contributed by atoms with Crippen molar-refractivity contribution in [3.63, 3.8) is 0 Å². The predicted molar refractivity (Wildman–Crippen MR) is 210 cm³/mol. The van der Waals surface area contributed by atoms with E-state index in [-0.39, 0.29) is 23.8 Å². The fourth-order valence-electron chi connectivity index (χ4n) is 9.17. The van der Waals surface area contributed by atoms with Gasteiger partial charge in [0.2, 0.25) is 5.91 Å². The van der Waals surface area contributed by atoms with Crippen LogP contribution in [0, 0.1) is 5.92 Å². The zero-order valence-corrected chi connectivity index (χ0v) is 31.1. The molecule has 1 atom stereocenters. The molecule has 14 heteroatoms. The van der Waals surface area contributed by atoms with Gasteiger partial charge in [0, 0.05) is 75.6 Å². The van der Waals surface area contributed by atoms with Gasteiger partial charge in [-0.1, -0.05) is 18.2 Å². The molecule has 0 bridgehead atoms. The lowest BCUT2D eigenvalue weighted by atomic mass is 9.94. The van der Waals surface area contributed by atoms with Gasteiger partial charge in [-0.25, -0.2) is 14.6 Å². The minimum absolute atomic E-state index is 0.220. The Morgan fingerprint density at radius 1 is 0.804 bits per heavy atom. The van der Waals surface area contributed by atoms with Crippen LogP contribution in [0.2, 0.25) is 0 Å². The summed E-state index contributed by atoms with van der Waals surface area (Å²) in [6, 6.07) is 23.2. The zero-order chi connectivity index (χ0) is 37.9. The number of rotatable bonds is 9. The van der Waals surface area contributed by atoms with Crippen LogP contribution in [0.25, 0.3) is 22.3 Å². The van der Waals surface area contributed by atoms with Crippen LogP contribution >= 0.6 is 0 Å². The van der Waals surface area contributed by atoms with E-state index in [1.807, 2.05) is 66.7 Å². The van der Waals surface area contributed by atoms with Crippen molar-refractivity contribution < 1.29 is 19.1 Å². The van der Waals surface area contributed by atoms with Crippen LogP contribution in [0.5, 0.6) is 11.5 Å². The van der Waals surface area contributed by atoms with Crippen LogP contribution in [0.4, 0.5) is 11.5 Å². The molecule has 0 spiro atoms. The first-order valence-corrected chi connectivity index (χ1v) is 19.7. The van der Waals surface area contributed by atoms with Crippen LogP contribution < -0.4 is 20.7 Å². The number of aromatic nitrogens is 4. The maximum Gasteiger partial charge on any atom is 0.262 e. The van der Waals surface area contributed by atoms with Gasteiger partial charge in [0.1, 0.15) is 35.4 Å². The van der Waals surface area contributed by atoms with Gasteiger partial charge in [0.15, 0.2) is 5.65 Å². The minimum Gasteiger partial charge on any atom is -0.457 e. The van der Waals surface area contributed by atoms with Crippen LogP contribution in [0.3, 0.4) is 0 Å². The topological polar surface area (TPSA) is 155 Å². The molecule has 0 aliphatic carbocycles. The van der Waals surface area contributed by atoms with Crippen molar-refractivity contribution in [1.82, 2.24) is 39.8 Å². The molecule has 0 radical (unpaired) electrons. The number of nitrogens with zero attached hydrogens (tertiary/aromatic N) is 8. The molecule has 7 heterocycles. The lowest BCUT2D eigenvalue weighted by Crippen LogP contribution is -2.63. The quantitative estimate of drug-likeness (QED) is 0.208. The molecule has 5 aliphatic rings. The van der Waals surface area contributed by atoms with Gasteiger partial charge in [-0.05, 0) is 80.3 Å². The van der Waals surface area contributed by atoms with Crippen LogP contribution in [0.1, 0.15) is 52.4 Å². The molecule has 10 rings (SSSR count). The van der Waals surface area contributed by atoms with Gasteiger partial charge in [-0.15, -0.1) is 0 Å². The van der Waals surface area contributed by atoms with Crippen molar-refractivity contribution in [2.45, 2.75) is 43.8 Å². The number of anilines is 2. The van der Waals surface area contributed by atoms with Crippen LogP contribution in [-0.2, 0) is 4.79 Å². The average molecular weight is 753 g/mol. The number of likely N-dealkylation sites (tertiary alicyclic amines) is 2. The number of carbonyl (C=O) groups excluding carboxylic acids is 3. The number of carbonyl (C=O) groups is 3. The van der Waals surface area contributed by atoms with Crippen LogP contribution in [-0.4, -0.2) is 117 Å². The fourth-order valence-corrected chi connectivity index (χ4v) is 9.17. The highest BCUT2D eigenvalue weighted by atomic mass is 16.5. The standard InChI is InChI=1S/C42H44N10O4/c43-38-36-37(27-8-11-32(12-9-27)56-31-5-2-1-3-6-31)47-52(39(36)46-25-45-38)28-14-17-49(18-15-28)30-23-48(24-30)20-26-21-50(22-26)29-10-13-33-34(19-29)42(55)51(41(33)54)35-7-4-16-44-40(35)53/h1-3,5-6,8-13,19,25-26,28,30,35H,4,7,14-18,20-24H2,(H,44,53)(H2,43,45,46). The largest absolute Gasteiger partial charge is 0.457 e. The fraction of sp³-hybridized carbons (Fsp3) is 0.381. The minimum atomic E-state index is -0.726. The van der Waals surface area contributed by atoms with E-state index >= 15 is 0 Å². The van der Waals surface area contributed by atoms with E-state index in [0.717, 1.165) is 109 Å². The SMILES string of the molecule is Nc1ncnc2c1c(-c1ccc(Oc3ccccc3)cc1)nn2C1CCN(C2CN(CC3CN(c4ccc5c(c4)C(=O)N(C4CCCNC4=O)C5=O)C3)C2)CC1. The predicted octanol–water partition coefficient (Wildman–Crippen LogP) is 4.20. The highest BCUT2D eigenvalue weighted by Crippen LogP contribution is 2.37. The summed E-state index contributed by atoms with van der Waals surface area (Å²) in [5, 5.41) is 8.69. The maximum atomic E-state index is 13.3. The van der Waals surface area contributed by atoms with Crippen molar-refractivity contribution >= 4 is 40.3 Å². The molecule has 2 aromatic heterocycles. The van der Waals surface area contributed by atoms with Gasteiger partial charge >= 0.3 is 0 Å². The number of fused-ring (bicyclic) bond motifs is 2. The normalized spacial score (nSPS) is 21.3. The molecule has 4 saturated heterocycles. The number of imide groups is 1.